The molecule has 76 valence electrons. The van der Waals surface area contributed by atoms with Crippen molar-refractivity contribution in [3.05, 3.63) is 28.8 Å². The third kappa shape index (κ3) is 2.23. The fourth-order valence-electron chi connectivity index (χ4n) is 1.23. The molecule has 0 aromatic carbocycles. The molecular formula is C10H13ClN2O. The van der Waals surface area contributed by atoms with Crippen LogP contribution in [0.15, 0.2) is 6.58 Å². The summed E-state index contributed by atoms with van der Waals surface area (Å²) in [6.07, 6.45) is 0. The second kappa shape index (κ2) is 4.42. The molecule has 4 heteroatoms. The van der Waals surface area contributed by atoms with Gasteiger partial charge < -0.3 is 4.74 Å². The van der Waals surface area contributed by atoms with Crippen molar-refractivity contribution in [2.75, 3.05) is 6.61 Å². The van der Waals surface area contributed by atoms with Crippen LogP contribution in [0.3, 0.4) is 0 Å². The molecule has 0 unspecified atom stereocenters. The molecule has 0 saturated carbocycles. The van der Waals surface area contributed by atoms with Crippen LogP contribution in [-0.2, 0) is 4.74 Å². The van der Waals surface area contributed by atoms with Gasteiger partial charge in [-0.3, -0.25) is 0 Å². The number of hydrogen-bond acceptors (Lipinski definition) is 3. The molecule has 0 aliphatic heterocycles. The van der Waals surface area contributed by atoms with Crippen molar-refractivity contribution in [3.8, 4) is 0 Å². The van der Waals surface area contributed by atoms with E-state index in [1.165, 1.54) is 0 Å². The third-order valence-electron chi connectivity index (χ3n) is 1.75. The van der Waals surface area contributed by atoms with Crippen LogP contribution in [0, 0.1) is 13.8 Å². The van der Waals surface area contributed by atoms with Crippen molar-refractivity contribution in [2.24, 2.45) is 0 Å². The lowest BCUT2D eigenvalue weighted by molar-refractivity contribution is 0.298. The Morgan fingerprint density at radius 1 is 1.43 bits per heavy atom. The Hall–Kier alpha value is -1.09. The quantitative estimate of drug-likeness (QED) is 0.571. The smallest absolute Gasteiger partial charge is 0.143 e. The molecule has 0 fully saturated rings. The van der Waals surface area contributed by atoms with Gasteiger partial charge in [0.05, 0.1) is 17.9 Å². The van der Waals surface area contributed by atoms with Gasteiger partial charge in [0.15, 0.2) is 0 Å². The topological polar surface area (TPSA) is 35.0 Å². The normalized spacial score (nSPS) is 10.0. The lowest BCUT2D eigenvalue weighted by Gasteiger charge is -2.10. The summed E-state index contributed by atoms with van der Waals surface area (Å²) in [5.74, 6) is 1.18. The highest BCUT2D eigenvalue weighted by Gasteiger charge is 2.12. The highest BCUT2D eigenvalue weighted by atomic mass is 35.5. The van der Waals surface area contributed by atoms with Crippen molar-refractivity contribution < 1.29 is 4.74 Å². The van der Waals surface area contributed by atoms with E-state index in [0.29, 0.717) is 28.9 Å². The Labute approximate surface area is 88.8 Å². The van der Waals surface area contributed by atoms with Crippen LogP contribution in [0.4, 0.5) is 0 Å². The molecular weight excluding hydrogens is 200 g/mol. The molecule has 0 bridgehead atoms. The van der Waals surface area contributed by atoms with E-state index in [2.05, 4.69) is 16.5 Å². The van der Waals surface area contributed by atoms with Gasteiger partial charge in [0.2, 0.25) is 0 Å². The van der Waals surface area contributed by atoms with Gasteiger partial charge in [0, 0.05) is 0 Å². The zero-order valence-corrected chi connectivity index (χ0v) is 9.35. The average molecular weight is 213 g/mol. The van der Waals surface area contributed by atoms with Gasteiger partial charge in [0.1, 0.15) is 16.7 Å². The Bertz CT molecular complexity index is 340. The molecule has 1 heterocycles. The van der Waals surface area contributed by atoms with Crippen molar-refractivity contribution in [2.45, 2.75) is 20.8 Å². The van der Waals surface area contributed by atoms with Gasteiger partial charge in [-0.25, -0.2) is 9.97 Å². The number of hydrogen-bond donors (Lipinski definition) is 0. The van der Waals surface area contributed by atoms with Crippen LogP contribution in [0.5, 0.6) is 0 Å². The SMILES string of the molecule is C=C(OCC)c1c(C)nc(C)nc1Cl. The van der Waals surface area contributed by atoms with Crippen LogP contribution < -0.4 is 0 Å². The Balaban J connectivity index is 3.14. The summed E-state index contributed by atoms with van der Waals surface area (Å²) in [5.41, 5.74) is 1.49. The van der Waals surface area contributed by atoms with Gasteiger partial charge in [-0.2, -0.15) is 0 Å². The number of ether oxygens (including phenoxy) is 1. The first-order valence-corrected chi connectivity index (χ1v) is 4.76. The predicted octanol–water partition coefficient (Wildman–Crippen LogP) is 2.75. The number of aryl methyl sites for hydroxylation is 2. The molecule has 14 heavy (non-hydrogen) atoms. The van der Waals surface area contributed by atoms with Crippen LogP contribution in [0.25, 0.3) is 5.76 Å². The maximum absolute atomic E-state index is 5.97. The summed E-state index contributed by atoms with van der Waals surface area (Å²) in [6, 6.07) is 0. The highest BCUT2D eigenvalue weighted by molar-refractivity contribution is 6.31. The molecule has 1 aromatic heterocycles. The maximum Gasteiger partial charge on any atom is 0.143 e. The molecule has 3 nitrogen and oxygen atoms in total. The summed E-state index contributed by atoms with van der Waals surface area (Å²) in [4.78, 5) is 8.25. The molecule has 1 rings (SSSR count). The zero-order valence-electron chi connectivity index (χ0n) is 8.59. The summed E-state index contributed by atoms with van der Waals surface area (Å²) in [6.45, 7) is 9.89. The first-order chi connectivity index (χ1) is 6.56. The van der Waals surface area contributed by atoms with E-state index in [1.54, 1.807) is 6.92 Å². The zero-order chi connectivity index (χ0) is 10.7. The molecule has 0 spiro atoms. The number of halogens is 1. The molecule has 0 aliphatic rings. The second-order valence-corrected chi connectivity index (χ2v) is 3.24. The summed E-state index contributed by atoms with van der Waals surface area (Å²) < 4.78 is 5.27. The minimum absolute atomic E-state index is 0.397. The second-order valence-electron chi connectivity index (χ2n) is 2.88. The first-order valence-electron chi connectivity index (χ1n) is 4.39. The molecule has 0 saturated heterocycles. The summed E-state index contributed by atoms with van der Waals surface area (Å²) >= 11 is 5.97. The minimum atomic E-state index is 0.397. The monoisotopic (exact) mass is 212 g/mol. The Kier molecular flexibility index (Phi) is 3.47. The molecule has 0 N–H and O–H groups in total. The third-order valence-corrected chi connectivity index (χ3v) is 2.03. The molecule has 0 aliphatic carbocycles. The van der Waals surface area contributed by atoms with Gasteiger partial charge in [-0.15, -0.1) is 0 Å². The number of nitrogens with zero attached hydrogens (tertiary/aromatic N) is 2. The fraction of sp³-hybridized carbons (Fsp3) is 0.400. The summed E-state index contributed by atoms with van der Waals surface area (Å²) in [7, 11) is 0. The lowest BCUT2D eigenvalue weighted by Crippen LogP contribution is -2.01. The lowest BCUT2D eigenvalue weighted by atomic mass is 10.2. The van der Waals surface area contributed by atoms with Crippen LogP contribution in [0.2, 0.25) is 5.15 Å². The molecule has 0 radical (unpaired) electrons. The first kappa shape index (κ1) is 11.0. The fourth-order valence-corrected chi connectivity index (χ4v) is 1.60. The predicted molar refractivity (Wildman–Crippen MR) is 57.2 cm³/mol. The van der Waals surface area contributed by atoms with Crippen LogP contribution >= 0.6 is 11.6 Å². The van der Waals surface area contributed by atoms with Gasteiger partial charge >= 0.3 is 0 Å². The van der Waals surface area contributed by atoms with Crippen LogP contribution in [-0.4, -0.2) is 16.6 Å². The van der Waals surface area contributed by atoms with E-state index in [-0.39, 0.29) is 0 Å². The van der Waals surface area contributed by atoms with E-state index in [1.807, 2.05) is 13.8 Å². The number of rotatable bonds is 3. The van der Waals surface area contributed by atoms with Crippen molar-refractivity contribution >= 4 is 17.4 Å². The Morgan fingerprint density at radius 2 is 2.07 bits per heavy atom. The molecule has 0 amide bonds. The Morgan fingerprint density at radius 3 is 2.57 bits per heavy atom. The van der Waals surface area contributed by atoms with Gasteiger partial charge in [0.25, 0.3) is 0 Å². The van der Waals surface area contributed by atoms with E-state index < -0.39 is 0 Å². The van der Waals surface area contributed by atoms with Crippen molar-refractivity contribution in [1.29, 1.82) is 0 Å². The van der Waals surface area contributed by atoms with Crippen molar-refractivity contribution in [3.63, 3.8) is 0 Å². The van der Waals surface area contributed by atoms with Crippen LogP contribution in [0.1, 0.15) is 24.0 Å². The van der Waals surface area contributed by atoms with E-state index in [4.69, 9.17) is 16.3 Å². The number of aromatic nitrogens is 2. The molecule has 1 aromatic rings. The van der Waals surface area contributed by atoms with Gasteiger partial charge in [-0.05, 0) is 20.8 Å². The van der Waals surface area contributed by atoms with Gasteiger partial charge in [-0.1, -0.05) is 18.2 Å². The standard InChI is InChI=1S/C10H13ClN2O/c1-5-14-7(3)9-6(2)12-8(4)13-10(9)11/h3,5H2,1-2,4H3. The maximum atomic E-state index is 5.97. The summed E-state index contributed by atoms with van der Waals surface area (Å²) in [5, 5.41) is 0.397. The van der Waals surface area contributed by atoms with Crippen molar-refractivity contribution in [1.82, 2.24) is 9.97 Å². The largest absolute Gasteiger partial charge is 0.494 e. The van der Waals surface area contributed by atoms with E-state index in [9.17, 15) is 0 Å². The van der Waals surface area contributed by atoms with E-state index >= 15 is 0 Å². The highest BCUT2D eigenvalue weighted by Crippen LogP contribution is 2.24. The minimum Gasteiger partial charge on any atom is -0.494 e. The average Bonchev–Trinajstić information content (AvgIpc) is 2.01. The van der Waals surface area contributed by atoms with E-state index in [0.717, 1.165) is 5.69 Å². The molecule has 0 atom stereocenters.